The van der Waals surface area contributed by atoms with Gasteiger partial charge < -0.3 is 9.55 Å². The minimum absolute atomic E-state index is 0.00881. The normalized spacial score (nSPS) is 21.3. The fourth-order valence-corrected chi connectivity index (χ4v) is 3.95. The molecule has 0 bridgehead atoms. The van der Waals surface area contributed by atoms with Crippen LogP contribution in [0, 0.1) is 10.6 Å². The molecule has 4 nitrogen and oxygen atoms in total. The lowest BCUT2D eigenvalue weighted by Gasteiger charge is -2.10. The smallest absolute Gasteiger partial charge is 0.178 e. The maximum atomic E-state index is 13.5. The van der Waals surface area contributed by atoms with Crippen LogP contribution in [0.1, 0.15) is 6.04 Å². The summed E-state index contributed by atoms with van der Waals surface area (Å²) in [6.45, 7) is 0. The molecule has 0 amide bonds. The van der Waals surface area contributed by atoms with Crippen LogP contribution in [0.25, 0.3) is 11.0 Å². The number of hydrogen-bond donors (Lipinski definition) is 1. The topological polar surface area (TPSA) is 54.9 Å². The first-order valence-corrected chi connectivity index (χ1v) is 7.88. The van der Waals surface area contributed by atoms with Gasteiger partial charge in [-0.15, -0.1) is 0 Å². The van der Waals surface area contributed by atoms with Crippen molar-refractivity contribution in [3.05, 3.63) is 39.2 Å². The minimum Gasteiger partial charge on any atom is -0.331 e. The lowest BCUT2D eigenvalue weighted by molar-refractivity contribution is 0.594. The highest BCUT2D eigenvalue weighted by Gasteiger charge is 2.25. The van der Waals surface area contributed by atoms with Crippen LogP contribution in [-0.2, 0) is 9.84 Å². The average Bonchev–Trinajstić information content (AvgIpc) is 2.79. The molecule has 19 heavy (non-hydrogen) atoms. The molecule has 3 rings (SSSR count). The first-order valence-electron chi connectivity index (χ1n) is 5.37. The van der Waals surface area contributed by atoms with Crippen LogP contribution in [0.3, 0.4) is 0 Å². The van der Waals surface area contributed by atoms with Crippen LogP contribution in [0.4, 0.5) is 4.39 Å². The molecule has 1 aromatic heterocycles. The number of halogens is 2. The van der Waals surface area contributed by atoms with Gasteiger partial charge in [0.1, 0.15) is 5.82 Å². The average molecular weight is 319 g/mol. The molecule has 1 unspecified atom stereocenters. The molecule has 0 radical (unpaired) electrons. The Balaban J connectivity index is 2.25. The molecule has 0 spiro atoms. The third-order valence-corrected chi connectivity index (χ3v) is 4.97. The molecule has 1 atom stereocenters. The van der Waals surface area contributed by atoms with Gasteiger partial charge in [-0.05, 0) is 24.4 Å². The second-order valence-corrected chi connectivity index (χ2v) is 7.03. The molecule has 0 saturated heterocycles. The van der Waals surface area contributed by atoms with Crippen LogP contribution in [-0.4, -0.2) is 23.7 Å². The monoisotopic (exact) mass is 318 g/mol. The van der Waals surface area contributed by atoms with Crippen LogP contribution < -0.4 is 0 Å². The van der Waals surface area contributed by atoms with E-state index in [2.05, 4.69) is 4.98 Å². The molecule has 8 heteroatoms. The zero-order valence-corrected chi connectivity index (χ0v) is 11.8. The number of fused-ring (bicyclic) bond motifs is 1. The summed E-state index contributed by atoms with van der Waals surface area (Å²) in [6.07, 6.45) is 1.55. The van der Waals surface area contributed by atoms with Crippen LogP contribution in [0.2, 0.25) is 5.02 Å². The van der Waals surface area contributed by atoms with Gasteiger partial charge in [-0.1, -0.05) is 11.6 Å². The van der Waals surface area contributed by atoms with E-state index in [-0.39, 0.29) is 10.8 Å². The number of hydrogen-bond acceptors (Lipinski definition) is 3. The summed E-state index contributed by atoms with van der Waals surface area (Å²) in [5, 5.41) is 1.15. The fraction of sp³-hybridized carbons (Fsp3) is 0.182. The Morgan fingerprint density at radius 1 is 1.47 bits per heavy atom. The Hall–Kier alpha value is -1.18. The number of rotatable bonds is 1. The lowest BCUT2D eigenvalue weighted by atomic mass is 10.2. The zero-order valence-electron chi connectivity index (χ0n) is 9.43. The molecule has 0 aliphatic carbocycles. The zero-order chi connectivity index (χ0) is 13.8. The van der Waals surface area contributed by atoms with Gasteiger partial charge >= 0.3 is 0 Å². The van der Waals surface area contributed by atoms with Gasteiger partial charge in [0.2, 0.25) is 0 Å². The summed E-state index contributed by atoms with van der Waals surface area (Å²) in [5.41, 5.74) is 1.08. The van der Waals surface area contributed by atoms with Crippen molar-refractivity contribution in [1.29, 1.82) is 0 Å². The van der Waals surface area contributed by atoms with Crippen LogP contribution in [0.15, 0.2) is 23.6 Å². The predicted molar refractivity (Wildman–Crippen MR) is 74.1 cm³/mol. The van der Waals surface area contributed by atoms with E-state index in [1.807, 2.05) is 0 Å². The van der Waals surface area contributed by atoms with Crippen molar-refractivity contribution in [2.75, 3.05) is 5.75 Å². The van der Waals surface area contributed by atoms with E-state index < -0.39 is 21.7 Å². The van der Waals surface area contributed by atoms with Crippen molar-refractivity contribution in [2.45, 2.75) is 6.04 Å². The minimum atomic E-state index is -3.21. The van der Waals surface area contributed by atoms with E-state index in [9.17, 15) is 12.8 Å². The Morgan fingerprint density at radius 2 is 2.21 bits per heavy atom. The molecule has 2 heterocycles. The number of benzene rings is 1. The molecule has 0 fully saturated rings. The first kappa shape index (κ1) is 12.8. The van der Waals surface area contributed by atoms with E-state index >= 15 is 0 Å². The SMILES string of the molecule is O=S1(=O)C=CC(n2c(=S)[nH]c3cc(Cl)c(F)cc32)C1. The predicted octanol–water partition coefficient (Wildman–Crippen LogP) is 2.97. The highest BCUT2D eigenvalue weighted by molar-refractivity contribution is 7.94. The van der Waals surface area contributed by atoms with Gasteiger partial charge in [0.15, 0.2) is 14.6 Å². The number of H-pyrrole nitrogens is 1. The Kier molecular flexibility index (Phi) is 2.81. The molecular formula is C11H8ClFN2O2S2. The van der Waals surface area contributed by atoms with Gasteiger partial charge in [0, 0.05) is 11.5 Å². The summed E-state index contributed by atoms with van der Waals surface area (Å²) in [6, 6.07) is 2.26. The van der Waals surface area contributed by atoms with Crippen LogP contribution >= 0.6 is 23.8 Å². The maximum absolute atomic E-state index is 13.5. The molecular weight excluding hydrogens is 311 g/mol. The standard InChI is InChI=1S/C11H8ClFN2O2S2/c12-7-3-9-10(4-8(7)13)15(11(18)14-9)6-1-2-19(16,17)5-6/h1-4,6H,5H2,(H,14,18). The number of nitrogens with one attached hydrogen (secondary N) is 1. The molecule has 100 valence electrons. The van der Waals surface area contributed by atoms with E-state index in [1.54, 1.807) is 10.6 Å². The number of aromatic nitrogens is 2. The quantitative estimate of drug-likeness (QED) is 0.822. The fourth-order valence-electron chi connectivity index (χ4n) is 2.17. The van der Waals surface area contributed by atoms with E-state index in [1.165, 1.54) is 12.1 Å². The van der Waals surface area contributed by atoms with E-state index in [0.29, 0.717) is 15.8 Å². The number of aromatic amines is 1. The summed E-state index contributed by atoms with van der Waals surface area (Å²) in [7, 11) is -3.21. The van der Waals surface area contributed by atoms with Gasteiger partial charge in [-0.3, -0.25) is 0 Å². The first-order chi connectivity index (χ1) is 8.87. The molecule has 1 aliphatic rings. The van der Waals surface area contributed by atoms with Crippen molar-refractivity contribution >= 4 is 44.7 Å². The Labute approximate surface area is 118 Å². The number of sulfone groups is 1. The van der Waals surface area contributed by atoms with Gasteiger partial charge in [-0.2, -0.15) is 0 Å². The Bertz CT molecular complexity index is 867. The molecule has 0 saturated carbocycles. The van der Waals surface area contributed by atoms with E-state index in [4.69, 9.17) is 23.8 Å². The lowest BCUT2D eigenvalue weighted by Crippen LogP contribution is -2.11. The summed E-state index contributed by atoms with van der Waals surface area (Å²) in [5.74, 6) is -0.639. The van der Waals surface area contributed by atoms with E-state index in [0.717, 1.165) is 5.41 Å². The van der Waals surface area contributed by atoms with Crippen molar-refractivity contribution in [3.63, 3.8) is 0 Å². The van der Waals surface area contributed by atoms with Crippen molar-refractivity contribution < 1.29 is 12.8 Å². The highest BCUT2D eigenvalue weighted by atomic mass is 35.5. The molecule has 1 N–H and O–H groups in total. The van der Waals surface area contributed by atoms with Crippen LogP contribution in [0.5, 0.6) is 0 Å². The molecule has 2 aromatic rings. The second-order valence-electron chi connectivity index (χ2n) is 4.31. The maximum Gasteiger partial charge on any atom is 0.178 e. The number of allylic oxidation sites excluding steroid dienone is 1. The van der Waals surface area contributed by atoms with Crippen molar-refractivity contribution in [1.82, 2.24) is 9.55 Å². The summed E-state index contributed by atoms with van der Waals surface area (Å²) in [4.78, 5) is 2.90. The van der Waals surface area contributed by atoms with Crippen molar-refractivity contribution in [3.8, 4) is 0 Å². The number of nitrogens with zero attached hydrogens (tertiary/aromatic N) is 1. The highest BCUT2D eigenvalue weighted by Crippen LogP contribution is 2.28. The molecule has 1 aromatic carbocycles. The number of imidazole rings is 1. The second kappa shape index (κ2) is 4.16. The summed E-state index contributed by atoms with van der Waals surface area (Å²) >= 11 is 10.9. The third-order valence-electron chi connectivity index (χ3n) is 3.00. The third kappa shape index (κ3) is 2.11. The Morgan fingerprint density at radius 3 is 2.84 bits per heavy atom. The van der Waals surface area contributed by atoms with Gasteiger partial charge in [-0.25, -0.2) is 12.8 Å². The van der Waals surface area contributed by atoms with Crippen molar-refractivity contribution in [2.24, 2.45) is 0 Å². The van der Waals surface area contributed by atoms with Gasteiger partial charge in [0.05, 0.1) is 27.9 Å². The van der Waals surface area contributed by atoms with Gasteiger partial charge in [0.25, 0.3) is 0 Å². The largest absolute Gasteiger partial charge is 0.331 e. The molecule has 1 aliphatic heterocycles. The summed E-state index contributed by atoms with van der Waals surface area (Å²) < 4.78 is 38.4.